The molecule has 1 saturated carbocycles. The number of amides is 1. The first-order valence-electron chi connectivity index (χ1n) is 11.9. The van der Waals surface area contributed by atoms with Gasteiger partial charge in [-0.25, -0.2) is 26.9 Å². The molecule has 0 bridgehead atoms. The minimum absolute atomic E-state index is 0.102. The van der Waals surface area contributed by atoms with E-state index in [2.05, 4.69) is 15.5 Å². The Bertz CT molecular complexity index is 1490. The summed E-state index contributed by atoms with van der Waals surface area (Å²) in [4.78, 5) is 12.8. The smallest absolute Gasteiger partial charge is 0.417 e. The Morgan fingerprint density at radius 2 is 1.82 bits per heavy atom. The van der Waals surface area contributed by atoms with Crippen molar-refractivity contribution < 1.29 is 40.3 Å². The Morgan fingerprint density at radius 3 is 2.35 bits per heavy atom. The maximum absolute atomic E-state index is 15.2. The molecule has 1 fully saturated rings. The fourth-order valence-electron chi connectivity index (χ4n) is 3.95. The van der Waals surface area contributed by atoms with Gasteiger partial charge in [0.25, 0.3) is 11.8 Å². The zero-order valence-electron chi connectivity index (χ0n) is 21.6. The molecule has 40 heavy (non-hydrogen) atoms. The minimum atomic E-state index is -4.88. The maximum Gasteiger partial charge on any atom is 0.417 e. The average molecular weight is 572 g/mol. The molecule has 1 amide bonds. The predicted molar refractivity (Wildman–Crippen MR) is 126 cm³/mol. The number of nitrogens with zero attached hydrogens (tertiary/aromatic N) is 5. The number of hydrogen-bond acceptors (Lipinski definition) is 5. The van der Waals surface area contributed by atoms with E-state index in [1.54, 1.807) is 0 Å². The van der Waals surface area contributed by atoms with Gasteiger partial charge in [0, 0.05) is 32.7 Å². The number of rotatable bonds is 8. The van der Waals surface area contributed by atoms with Gasteiger partial charge in [0.2, 0.25) is 12.0 Å². The molecule has 8 nitrogen and oxygen atoms in total. The number of carbonyl (C=O) groups excluding carboxylic acids is 1. The van der Waals surface area contributed by atoms with Crippen molar-refractivity contribution in [1.82, 2.24) is 24.9 Å². The molecule has 3 aromatic rings. The second kappa shape index (κ2) is 9.53. The third-order valence-electron chi connectivity index (χ3n) is 6.54. The molecule has 15 heteroatoms. The van der Waals surface area contributed by atoms with Crippen molar-refractivity contribution in [2.45, 2.75) is 63.3 Å². The molecule has 2 aromatic heterocycles. The average Bonchev–Trinajstić information content (AvgIpc) is 3.30. The molecule has 0 radical (unpaired) electrons. The number of nitrogens with one attached hydrogen (secondary N) is 1. The molecule has 0 saturated heterocycles. The lowest BCUT2D eigenvalue weighted by Gasteiger charge is -2.26. The summed E-state index contributed by atoms with van der Waals surface area (Å²) in [7, 11) is 1.25. The normalized spacial score (nSPS) is 17.1. The quantitative estimate of drug-likeness (QED) is 0.354. The number of halogens is 7. The van der Waals surface area contributed by atoms with Crippen molar-refractivity contribution >= 4 is 5.91 Å². The summed E-state index contributed by atoms with van der Waals surface area (Å²) in [5.41, 5.74) is -7.17. The fraction of sp³-hybridized carbons (Fsp3) is 0.440. The highest BCUT2D eigenvalue weighted by Crippen LogP contribution is 2.46. The van der Waals surface area contributed by atoms with Gasteiger partial charge in [-0.1, -0.05) is 6.07 Å². The molecule has 4 rings (SSSR count). The van der Waals surface area contributed by atoms with Crippen LogP contribution in [0.3, 0.4) is 0 Å². The minimum Gasteiger partial charge on any atom is -0.455 e. The molecule has 1 aromatic carbocycles. The molecule has 1 N–H and O–H groups in total. The van der Waals surface area contributed by atoms with Crippen LogP contribution in [0.2, 0.25) is 0 Å². The molecule has 1 aliphatic carbocycles. The zero-order chi connectivity index (χ0) is 29.8. The number of ether oxygens (including phenoxy) is 1. The zero-order valence-corrected chi connectivity index (χ0v) is 21.6. The lowest BCUT2D eigenvalue weighted by molar-refractivity contribution is -0.137. The molecule has 214 valence electrons. The maximum atomic E-state index is 15.2. The van der Waals surface area contributed by atoms with E-state index in [1.165, 1.54) is 19.4 Å². The van der Waals surface area contributed by atoms with Crippen LogP contribution in [-0.4, -0.2) is 43.3 Å². The number of aromatic nitrogens is 4. The van der Waals surface area contributed by atoms with Crippen LogP contribution < -0.4 is 10.1 Å². The second-order valence-corrected chi connectivity index (χ2v) is 9.76. The van der Waals surface area contributed by atoms with Gasteiger partial charge in [-0.05, 0) is 37.5 Å². The van der Waals surface area contributed by atoms with Crippen LogP contribution in [0, 0.1) is 11.3 Å². The van der Waals surface area contributed by atoms with Crippen LogP contribution in [0.25, 0.3) is 16.9 Å². The van der Waals surface area contributed by atoms with Crippen molar-refractivity contribution in [2.75, 3.05) is 0 Å². The van der Waals surface area contributed by atoms with E-state index in [0.29, 0.717) is 32.8 Å². The second-order valence-electron chi connectivity index (χ2n) is 9.76. The molecule has 2 atom stereocenters. The van der Waals surface area contributed by atoms with Gasteiger partial charge in [-0.3, -0.25) is 4.79 Å². The summed E-state index contributed by atoms with van der Waals surface area (Å²) in [5, 5.41) is 19.4. The molecule has 2 heterocycles. The van der Waals surface area contributed by atoms with Gasteiger partial charge in [0.1, 0.15) is 5.54 Å². The topological polar surface area (TPSA) is 97.8 Å². The summed E-state index contributed by atoms with van der Waals surface area (Å²) in [6.07, 6.45) is -3.91. The Hall–Kier alpha value is -4.09. The van der Waals surface area contributed by atoms with Crippen molar-refractivity contribution in [2.24, 2.45) is 7.05 Å². The van der Waals surface area contributed by atoms with Gasteiger partial charge in [-0.15, -0.1) is 0 Å². The van der Waals surface area contributed by atoms with Crippen LogP contribution in [0.5, 0.6) is 5.75 Å². The first-order chi connectivity index (χ1) is 18.4. The van der Waals surface area contributed by atoms with Crippen LogP contribution in [0.4, 0.5) is 30.7 Å². The number of alkyl halides is 7. The van der Waals surface area contributed by atoms with Crippen LogP contribution in [0.1, 0.15) is 55.2 Å². The fourth-order valence-corrected chi connectivity index (χ4v) is 3.95. The highest BCUT2D eigenvalue weighted by molar-refractivity contribution is 5.98. The van der Waals surface area contributed by atoms with Gasteiger partial charge in [0.15, 0.2) is 17.3 Å². The summed E-state index contributed by atoms with van der Waals surface area (Å²) < 4.78 is 105. The van der Waals surface area contributed by atoms with Crippen molar-refractivity contribution in [1.29, 1.82) is 5.26 Å². The molecule has 2 unspecified atom stereocenters. The van der Waals surface area contributed by atoms with E-state index < -0.39 is 58.1 Å². The van der Waals surface area contributed by atoms with Gasteiger partial charge in [-0.2, -0.15) is 28.6 Å². The van der Waals surface area contributed by atoms with Crippen LogP contribution >= 0.6 is 0 Å². The molecular weight excluding hydrogens is 549 g/mol. The van der Waals surface area contributed by atoms with E-state index in [1.807, 2.05) is 6.07 Å². The third kappa shape index (κ3) is 5.22. The molecular formula is C25H23F7N6O2. The number of hydrogen-bond donors (Lipinski definition) is 1. The largest absolute Gasteiger partial charge is 0.455 e. The highest BCUT2D eigenvalue weighted by Gasteiger charge is 2.53. The van der Waals surface area contributed by atoms with E-state index in [4.69, 9.17) is 4.74 Å². The van der Waals surface area contributed by atoms with Crippen molar-refractivity contribution in [3.05, 3.63) is 47.4 Å². The molecule has 1 aliphatic rings. The van der Waals surface area contributed by atoms with E-state index in [9.17, 15) is 36.4 Å². The number of carbonyl (C=O) groups is 1. The van der Waals surface area contributed by atoms with E-state index in [-0.39, 0.29) is 16.9 Å². The number of benzene rings is 1. The summed E-state index contributed by atoms with van der Waals surface area (Å²) in [5.74, 6) is -5.93. The summed E-state index contributed by atoms with van der Waals surface area (Å²) in [6, 6.07) is 4.64. The SMILES string of the molecule is CC(F)Oc1c(C(C)(F)C(C)(F)F)nn(C)c1-n1cc(-c2ccc(C(F)(F)F)c(C(=O)NC3(C#N)CC3)c2)cn1. The van der Waals surface area contributed by atoms with Crippen LogP contribution in [0.15, 0.2) is 30.6 Å². The number of aryl methyl sites for hydroxylation is 1. The lowest BCUT2D eigenvalue weighted by atomic mass is 9.97. The monoisotopic (exact) mass is 572 g/mol. The number of nitriles is 1. The summed E-state index contributed by atoms with van der Waals surface area (Å²) in [6.45, 7) is 1.84. The summed E-state index contributed by atoms with van der Waals surface area (Å²) >= 11 is 0. The Morgan fingerprint density at radius 1 is 1.18 bits per heavy atom. The molecule has 0 spiro atoms. The van der Waals surface area contributed by atoms with Gasteiger partial charge < -0.3 is 10.1 Å². The van der Waals surface area contributed by atoms with E-state index >= 15 is 4.39 Å². The lowest BCUT2D eigenvalue weighted by Crippen LogP contribution is -2.37. The van der Waals surface area contributed by atoms with Crippen LogP contribution in [-0.2, 0) is 18.9 Å². The molecule has 0 aliphatic heterocycles. The van der Waals surface area contributed by atoms with Gasteiger partial charge in [0.05, 0.1) is 23.4 Å². The predicted octanol–water partition coefficient (Wildman–Crippen LogP) is 5.61. The van der Waals surface area contributed by atoms with E-state index in [0.717, 1.165) is 28.4 Å². The Balaban J connectivity index is 1.79. The third-order valence-corrected chi connectivity index (χ3v) is 6.54. The highest BCUT2D eigenvalue weighted by atomic mass is 19.4. The first-order valence-corrected chi connectivity index (χ1v) is 11.9. The Kier molecular flexibility index (Phi) is 6.89. The van der Waals surface area contributed by atoms with Gasteiger partial charge >= 0.3 is 6.18 Å². The first kappa shape index (κ1) is 28.9. The van der Waals surface area contributed by atoms with Crippen molar-refractivity contribution in [3.63, 3.8) is 0 Å². The standard InChI is InChI=1S/C25H23F7N6O2/c1-13(26)40-18-19(22(2,27)23(3,28)29)36-37(4)21(18)38-11-15(10-34-38)14-5-6-17(25(30,31)32)16(9-14)20(39)35-24(12-33)7-8-24/h5-6,9-11,13H,7-8H2,1-4H3,(H,35,39). The van der Waals surface area contributed by atoms with Crippen molar-refractivity contribution in [3.8, 4) is 28.8 Å². The Labute approximate surface area is 223 Å².